The zero-order valence-electron chi connectivity index (χ0n) is 17.0. The number of hydrogen-bond donors (Lipinski definition) is 2. The molecule has 3 rings (SSSR count). The maximum Gasteiger partial charge on any atom is 0.191 e. The third-order valence-electron chi connectivity index (χ3n) is 4.90. The van der Waals surface area contributed by atoms with Gasteiger partial charge in [0.1, 0.15) is 5.82 Å². The molecule has 0 aliphatic carbocycles. The predicted molar refractivity (Wildman–Crippen MR) is 127 cm³/mol. The fourth-order valence-electron chi connectivity index (χ4n) is 3.35. The minimum atomic E-state index is -0.310. The van der Waals surface area contributed by atoms with E-state index in [9.17, 15) is 4.39 Å². The molecule has 0 saturated carbocycles. The predicted octanol–water partition coefficient (Wildman–Crippen LogP) is 4.08. The first-order valence-corrected chi connectivity index (χ1v) is 10.2. The molecule has 7 heteroatoms. The van der Waals surface area contributed by atoms with Crippen molar-refractivity contribution in [2.24, 2.45) is 4.99 Å². The molecule has 2 aromatic rings. The number of aromatic nitrogens is 1. The number of benzene rings is 1. The second kappa shape index (κ2) is 12.7. The SMILES string of the molecule is CCNC(=NCc1ccc(CN2CCCCC2)cc1)NCc1ncccc1F.I. The van der Waals surface area contributed by atoms with Crippen molar-refractivity contribution in [2.45, 2.75) is 45.8 Å². The number of aliphatic imine (C=N–C) groups is 1. The van der Waals surface area contributed by atoms with Gasteiger partial charge in [0.2, 0.25) is 0 Å². The number of piperidine rings is 1. The third kappa shape index (κ3) is 7.89. The van der Waals surface area contributed by atoms with Crippen molar-refractivity contribution < 1.29 is 4.39 Å². The van der Waals surface area contributed by atoms with Crippen LogP contribution in [0.2, 0.25) is 0 Å². The van der Waals surface area contributed by atoms with Crippen molar-refractivity contribution in [2.75, 3.05) is 19.6 Å². The van der Waals surface area contributed by atoms with E-state index in [1.807, 2.05) is 6.92 Å². The lowest BCUT2D eigenvalue weighted by atomic mass is 10.1. The fraction of sp³-hybridized carbons (Fsp3) is 0.455. The molecule has 0 atom stereocenters. The van der Waals surface area contributed by atoms with Crippen LogP contribution in [0.4, 0.5) is 4.39 Å². The Morgan fingerprint density at radius 3 is 2.48 bits per heavy atom. The van der Waals surface area contributed by atoms with Gasteiger partial charge in [-0.15, -0.1) is 24.0 Å². The Morgan fingerprint density at radius 2 is 1.79 bits per heavy atom. The van der Waals surface area contributed by atoms with E-state index in [-0.39, 0.29) is 29.8 Å². The van der Waals surface area contributed by atoms with Crippen LogP contribution in [0.15, 0.2) is 47.6 Å². The number of guanidine groups is 1. The van der Waals surface area contributed by atoms with Gasteiger partial charge in [-0.3, -0.25) is 9.88 Å². The lowest BCUT2D eigenvalue weighted by molar-refractivity contribution is 0.221. The summed E-state index contributed by atoms with van der Waals surface area (Å²) in [4.78, 5) is 11.2. The Balaban J connectivity index is 0.00000300. The van der Waals surface area contributed by atoms with Crippen molar-refractivity contribution in [3.63, 3.8) is 0 Å². The molecule has 0 unspecified atom stereocenters. The summed E-state index contributed by atoms with van der Waals surface area (Å²) in [6.45, 7) is 7.07. The molecule has 0 spiro atoms. The Kier molecular flexibility index (Phi) is 10.3. The third-order valence-corrected chi connectivity index (χ3v) is 4.90. The highest BCUT2D eigenvalue weighted by atomic mass is 127. The van der Waals surface area contributed by atoms with Crippen molar-refractivity contribution >= 4 is 29.9 Å². The normalized spacial score (nSPS) is 14.9. The highest BCUT2D eigenvalue weighted by Crippen LogP contribution is 2.14. The van der Waals surface area contributed by atoms with Crippen LogP contribution in [0.5, 0.6) is 0 Å². The largest absolute Gasteiger partial charge is 0.357 e. The molecular weight excluding hydrogens is 480 g/mol. The smallest absolute Gasteiger partial charge is 0.191 e. The zero-order valence-corrected chi connectivity index (χ0v) is 19.4. The molecule has 1 fully saturated rings. The second-order valence-corrected chi connectivity index (χ2v) is 7.13. The Morgan fingerprint density at radius 1 is 1.07 bits per heavy atom. The molecule has 5 nitrogen and oxygen atoms in total. The Labute approximate surface area is 190 Å². The number of nitrogens with zero attached hydrogens (tertiary/aromatic N) is 3. The second-order valence-electron chi connectivity index (χ2n) is 7.13. The first-order valence-electron chi connectivity index (χ1n) is 10.2. The first kappa shape index (κ1) is 23.5. The summed E-state index contributed by atoms with van der Waals surface area (Å²) in [5.41, 5.74) is 2.89. The molecule has 1 aliphatic rings. The van der Waals surface area contributed by atoms with Crippen LogP contribution in [0.3, 0.4) is 0 Å². The van der Waals surface area contributed by atoms with E-state index in [1.165, 1.54) is 44.0 Å². The number of pyridine rings is 1. The van der Waals surface area contributed by atoms with Gasteiger partial charge in [0.25, 0.3) is 0 Å². The van der Waals surface area contributed by atoms with Gasteiger partial charge < -0.3 is 10.6 Å². The van der Waals surface area contributed by atoms with Crippen molar-refractivity contribution in [1.29, 1.82) is 0 Å². The van der Waals surface area contributed by atoms with Crippen LogP contribution >= 0.6 is 24.0 Å². The molecule has 29 heavy (non-hydrogen) atoms. The van der Waals surface area contributed by atoms with E-state index in [0.717, 1.165) is 18.7 Å². The van der Waals surface area contributed by atoms with Gasteiger partial charge in [0, 0.05) is 19.3 Å². The van der Waals surface area contributed by atoms with Crippen molar-refractivity contribution in [3.8, 4) is 0 Å². The van der Waals surface area contributed by atoms with Crippen LogP contribution < -0.4 is 10.6 Å². The molecule has 0 bridgehead atoms. The lowest BCUT2D eigenvalue weighted by Gasteiger charge is -2.26. The molecule has 1 saturated heterocycles. The Bertz CT molecular complexity index is 760. The zero-order chi connectivity index (χ0) is 19.6. The molecule has 0 radical (unpaired) electrons. The quantitative estimate of drug-likeness (QED) is 0.334. The van der Waals surface area contributed by atoms with Gasteiger partial charge in [-0.05, 0) is 56.1 Å². The van der Waals surface area contributed by atoms with Crippen LogP contribution in [0.1, 0.15) is 43.0 Å². The summed E-state index contributed by atoms with van der Waals surface area (Å²) in [7, 11) is 0. The van der Waals surface area contributed by atoms with Gasteiger partial charge >= 0.3 is 0 Å². The van der Waals surface area contributed by atoms with Crippen LogP contribution in [0.25, 0.3) is 0 Å². The summed E-state index contributed by atoms with van der Waals surface area (Å²) in [6.07, 6.45) is 5.59. The average molecular weight is 511 g/mol. The number of hydrogen-bond acceptors (Lipinski definition) is 3. The average Bonchev–Trinajstić information content (AvgIpc) is 2.73. The van der Waals surface area contributed by atoms with Gasteiger partial charge in [-0.1, -0.05) is 30.7 Å². The fourth-order valence-corrected chi connectivity index (χ4v) is 3.35. The van der Waals surface area contributed by atoms with E-state index in [2.05, 4.69) is 49.8 Å². The molecule has 0 amide bonds. The first-order chi connectivity index (χ1) is 13.7. The number of nitrogens with one attached hydrogen (secondary N) is 2. The summed E-state index contributed by atoms with van der Waals surface area (Å²) >= 11 is 0. The van der Waals surface area contributed by atoms with Gasteiger partial charge in [-0.2, -0.15) is 0 Å². The summed E-state index contributed by atoms with van der Waals surface area (Å²) < 4.78 is 13.7. The highest BCUT2D eigenvalue weighted by Gasteiger charge is 2.10. The minimum absolute atomic E-state index is 0. The molecule has 2 N–H and O–H groups in total. The summed E-state index contributed by atoms with van der Waals surface area (Å²) in [6, 6.07) is 11.7. The van der Waals surface area contributed by atoms with Gasteiger partial charge in [0.05, 0.1) is 18.8 Å². The van der Waals surface area contributed by atoms with E-state index in [1.54, 1.807) is 12.3 Å². The monoisotopic (exact) mass is 511 g/mol. The standard InChI is InChI=1S/C22H30FN5.HI/c1-2-24-22(27-16-21-20(23)7-6-12-25-21)26-15-18-8-10-19(11-9-18)17-28-13-4-3-5-14-28;/h6-12H,2-5,13-17H2,1H3,(H2,24,26,27);1H. The summed E-state index contributed by atoms with van der Waals surface area (Å²) in [5, 5.41) is 6.33. The molecule has 2 heterocycles. The molecule has 1 aromatic heterocycles. The molecule has 1 aliphatic heterocycles. The van der Waals surface area contributed by atoms with Crippen LogP contribution in [-0.2, 0) is 19.6 Å². The van der Waals surface area contributed by atoms with Crippen molar-refractivity contribution in [3.05, 3.63) is 65.2 Å². The van der Waals surface area contributed by atoms with Crippen LogP contribution in [-0.4, -0.2) is 35.5 Å². The van der Waals surface area contributed by atoms with Gasteiger partial charge in [0.15, 0.2) is 5.96 Å². The maximum absolute atomic E-state index is 13.7. The highest BCUT2D eigenvalue weighted by molar-refractivity contribution is 14.0. The maximum atomic E-state index is 13.7. The number of likely N-dealkylation sites (tertiary alicyclic amines) is 1. The van der Waals surface area contributed by atoms with Crippen molar-refractivity contribution in [1.82, 2.24) is 20.5 Å². The molecule has 158 valence electrons. The minimum Gasteiger partial charge on any atom is -0.357 e. The number of halogens is 2. The lowest BCUT2D eigenvalue weighted by Crippen LogP contribution is -2.37. The topological polar surface area (TPSA) is 52.6 Å². The van der Waals surface area contributed by atoms with E-state index >= 15 is 0 Å². The molecular formula is C22H31FIN5. The van der Waals surface area contributed by atoms with E-state index in [0.29, 0.717) is 24.7 Å². The van der Waals surface area contributed by atoms with E-state index < -0.39 is 0 Å². The Hall–Kier alpha value is -1.74. The van der Waals surface area contributed by atoms with Gasteiger partial charge in [-0.25, -0.2) is 9.38 Å². The van der Waals surface area contributed by atoms with Crippen LogP contribution in [0, 0.1) is 5.82 Å². The summed E-state index contributed by atoms with van der Waals surface area (Å²) in [5.74, 6) is 0.347. The number of rotatable bonds is 7. The van der Waals surface area contributed by atoms with E-state index in [4.69, 9.17) is 0 Å². The molecule has 1 aromatic carbocycles.